The van der Waals surface area contributed by atoms with Gasteiger partial charge in [0.05, 0.1) is 37.9 Å². The highest BCUT2D eigenvalue weighted by Gasteiger charge is 2.71. The van der Waals surface area contributed by atoms with Gasteiger partial charge in [-0.2, -0.15) is 0 Å². The number of hydrogen-bond donors (Lipinski definition) is 13. The molecule has 5 aliphatic carbocycles. The Balaban J connectivity index is 1.04. The molecule has 3 saturated heterocycles. The van der Waals surface area contributed by atoms with Crippen molar-refractivity contribution in [1.82, 2.24) is 0 Å². The lowest BCUT2D eigenvalue weighted by Gasteiger charge is -2.71. The summed E-state index contributed by atoms with van der Waals surface area (Å²) in [7, 11) is 0. The van der Waals surface area contributed by atoms with Gasteiger partial charge in [0.25, 0.3) is 0 Å². The molecule has 17 unspecified atom stereocenters. The SMILES string of the molecule is CC1(C)CC[C@]2(C(=O)OC3OC(CO)C(OC4OC(CO)C(O)C(O)C4O)C(O)C3O)CC[C@]3(C)C(=CCC4[C@@]5(C)CC[C@H](OC6OC(C(=O)O)C(O)C(O)C6O)C(CO)(CO)C5CC[C@]43C)[C@@H]2C1. The average Bonchev–Trinajstić information content (AvgIpc) is 3.31. The Labute approximate surface area is 400 Å². The molecule has 0 aromatic rings. The van der Waals surface area contributed by atoms with Crippen molar-refractivity contribution in [2.75, 3.05) is 26.4 Å². The zero-order valence-electron chi connectivity index (χ0n) is 40.0. The minimum absolute atomic E-state index is 0.0256. The van der Waals surface area contributed by atoms with Crippen molar-refractivity contribution in [3.05, 3.63) is 11.6 Å². The van der Waals surface area contributed by atoms with Crippen LogP contribution >= 0.6 is 0 Å². The first-order valence-electron chi connectivity index (χ1n) is 24.6. The van der Waals surface area contributed by atoms with Crippen LogP contribution in [0.1, 0.15) is 98.8 Å². The van der Waals surface area contributed by atoms with Gasteiger partial charge in [-0.3, -0.25) is 4.79 Å². The van der Waals surface area contributed by atoms with E-state index in [1.54, 1.807) is 0 Å². The van der Waals surface area contributed by atoms with Crippen molar-refractivity contribution in [2.45, 2.75) is 197 Å². The number of rotatable bonds is 11. The fourth-order valence-electron chi connectivity index (χ4n) is 15.1. The molecule has 394 valence electrons. The predicted octanol–water partition coefficient (Wildman–Crippen LogP) is -1.82. The van der Waals surface area contributed by atoms with E-state index in [2.05, 4.69) is 40.7 Å². The van der Waals surface area contributed by atoms with Crippen molar-refractivity contribution in [3.8, 4) is 0 Å². The van der Waals surface area contributed by atoms with Crippen LogP contribution in [0, 0.1) is 50.2 Å². The lowest BCUT2D eigenvalue weighted by atomic mass is 9.33. The molecule has 23 atom stereocenters. The third-order valence-electron chi connectivity index (χ3n) is 19.5. The molecule has 0 aromatic carbocycles. The number of hydrogen-bond acceptors (Lipinski definition) is 20. The van der Waals surface area contributed by atoms with E-state index in [4.69, 9.17) is 28.4 Å². The zero-order valence-corrected chi connectivity index (χ0v) is 40.0. The maximum absolute atomic E-state index is 15.0. The van der Waals surface area contributed by atoms with Crippen molar-refractivity contribution in [3.63, 3.8) is 0 Å². The first-order valence-corrected chi connectivity index (χ1v) is 24.6. The van der Waals surface area contributed by atoms with Gasteiger partial charge >= 0.3 is 11.9 Å². The van der Waals surface area contributed by atoms with Gasteiger partial charge in [0.2, 0.25) is 6.29 Å². The van der Waals surface area contributed by atoms with Gasteiger partial charge in [0.15, 0.2) is 18.7 Å². The molecule has 8 rings (SSSR count). The van der Waals surface area contributed by atoms with Gasteiger partial charge in [-0.05, 0) is 104 Å². The smallest absolute Gasteiger partial charge is 0.335 e. The van der Waals surface area contributed by atoms with E-state index in [0.29, 0.717) is 64.2 Å². The number of carbonyl (C=O) groups is 2. The maximum atomic E-state index is 15.0. The van der Waals surface area contributed by atoms with Gasteiger partial charge in [-0.15, -0.1) is 0 Å². The number of ether oxygens (including phenoxy) is 6. The first-order chi connectivity index (χ1) is 32.3. The molecule has 3 heterocycles. The van der Waals surface area contributed by atoms with Gasteiger partial charge < -0.3 is 94.8 Å². The van der Waals surface area contributed by atoms with E-state index in [0.717, 1.165) is 5.57 Å². The topological polar surface area (TPSA) is 353 Å². The Morgan fingerprint density at radius 1 is 0.638 bits per heavy atom. The van der Waals surface area contributed by atoms with Crippen molar-refractivity contribution in [2.24, 2.45) is 50.2 Å². The molecule has 21 heteroatoms. The number of aliphatic hydroxyl groups excluding tert-OH is 12. The number of carboxylic acids is 1. The second-order valence-corrected chi connectivity index (χ2v) is 23.2. The van der Waals surface area contributed by atoms with Gasteiger partial charge in [0, 0.05) is 5.41 Å². The number of esters is 1. The van der Waals surface area contributed by atoms with E-state index in [1.807, 2.05) is 0 Å². The summed E-state index contributed by atoms with van der Waals surface area (Å²) in [6.45, 7) is 8.61. The third kappa shape index (κ3) is 8.25. The molecule has 0 radical (unpaired) electrons. The van der Waals surface area contributed by atoms with Crippen LogP contribution in [0.25, 0.3) is 0 Å². The van der Waals surface area contributed by atoms with Gasteiger partial charge in [-0.1, -0.05) is 46.3 Å². The lowest BCUT2D eigenvalue weighted by molar-refractivity contribution is -0.356. The Morgan fingerprint density at radius 3 is 1.86 bits per heavy atom. The molecule has 0 spiro atoms. The van der Waals surface area contributed by atoms with E-state index >= 15 is 0 Å². The molecule has 7 fully saturated rings. The molecule has 0 amide bonds. The minimum atomic E-state index is -1.91. The van der Waals surface area contributed by atoms with Crippen LogP contribution in [0.4, 0.5) is 0 Å². The van der Waals surface area contributed by atoms with Crippen LogP contribution in [0.2, 0.25) is 0 Å². The lowest BCUT2D eigenvalue weighted by Crippen LogP contribution is -2.68. The quantitative estimate of drug-likeness (QED) is 0.0616. The first kappa shape index (κ1) is 53.3. The summed E-state index contributed by atoms with van der Waals surface area (Å²) in [5, 5.41) is 138. The summed E-state index contributed by atoms with van der Waals surface area (Å²) in [5.74, 6) is -2.75. The molecule has 3 aliphatic heterocycles. The molecule has 21 nitrogen and oxygen atoms in total. The molecule has 69 heavy (non-hydrogen) atoms. The minimum Gasteiger partial charge on any atom is -0.479 e. The second-order valence-electron chi connectivity index (χ2n) is 23.2. The molecule has 0 aromatic heterocycles. The highest BCUT2D eigenvalue weighted by molar-refractivity contribution is 5.79. The van der Waals surface area contributed by atoms with Crippen molar-refractivity contribution < 1.29 is 104 Å². The summed E-state index contributed by atoms with van der Waals surface area (Å²) in [6.07, 6.45) is -19.1. The molecule has 0 bridgehead atoms. The van der Waals surface area contributed by atoms with E-state index in [-0.39, 0.29) is 28.6 Å². The molecule has 8 aliphatic rings. The van der Waals surface area contributed by atoms with E-state index < -0.39 is 158 Å². The highest BCUT2D eigenvalue weighted by Crippen LogP contribution is 2.76. The fraction of sp³-hybridized carbons (Fsp3) is 0.917. The van der Waals surface area contributed by atoms with Crippen molar-refractivity contribution >= 4 is 11.9 Å². The Morgan fingerprint density at radius 2 is 1.23 bits per heavy atom. The van der Waals surface area contributed by atoms with E-state index in [9.17, 15) is 76.0 Å². The normalized spacial score (nSPS) is 51.4. The summed E-state index contributed by atoms with van der Waals surface area (Å²) in [5.41, 5.74) is -2.59. The standard InChI is InChI=1S/C48H76O21/c1-43(2)12-14-47(42(63)69-40-35(60)32(57)36(24(18-50)65-40)67-39-33(58)29(54)28(53)23(17-49)64-39)15-13-45(4)21(22(47)16-43)6-7-25-44(3)10-9-27(48(19-51,20-52)26(44)8-11-46(25,45)5)66-41-34(59)30(55)31(56)37(68-41)38(61)62/h6,22-37,39-41,49-60H,7-20H2,1-5H3,(H,61,62)/t22-,23?,24?,25?,26?,27-,28?,29?,30?,31?,32?,33?,34?,35?,36?,37?,39?,40?,41?,44+,45+,46+,47-/m0/s1. The van der Waals surface area contributed by atoms with Crippen molar-refractivity contribution in [1.29, 1.82) is 0 Å². The Bertz CT molecular complexity index is 1910. The number of carbonyl (C=O) groups excluding carboxylic acids is 1. The van der Waals surface area contributed by atoms with Crippen LogP contribution in [0.3, 0.4) is 0 Å². The number of fused-ring (bicyclic) bond motifs is 7. The number of carboxylic acid groups (broad SMARTS) is 1. The van der Waals surface area contributed by atoms with Gasteiger partial charge in [0.1, 0.15) is 67.1 Å². The Kier molecular flexibility index (Phi) is 14.7. The van der Waals surface area contributed by atoms with Crippen LogP contribution in [-0.2, 0) is 38.0 Å². The molecular weight excluding hydrogens is 913 g/mol. The fourth-order valence-corrected chi connectivity index (χ4v) is 15.1. The van der Waals surface area contributed by atoms with Gasteiger partial charge in [-0.25, -0.2) is 4.79 Å². The zero-order chi connectivity index (χ0) is 50.6. The number of aliphatic hydroxyl groups is 12. The van der Waals surface area contributed by atoms with Crippen LogP contribution in [0.15, 0.2) is 11.6 Å². The average molecular weight is 989 g/mol. The number of allylic oxidation sites excluding steroid dienone is 2. The molecular formula is C48H76O21. The largest absolute Gasteiger partial charge is 0.479 e. The summed E-state index contributed by atoms with van der Waals surface area (Å²) < 4.78 is 34.9. The highest BCUT2D eigenvalue weighted by atomic mass is 16.8. The van der Waals surface area contributed by atoms with Crippen LogP contribution in [-0.4, -0.2) is 203 Å². The number of aliphatic carboxylic acids is 1. The van der Waals surface area contributed by atoms with E-state index in [1.165, 1.54) is 0 Å². The van der Waals surface area contributed by atoms with Crippen LogP contribution < -0.4 is 0 Å². The molecule has 13 N–H and O–H groups in total. The Hall–Kier alpha value is -2.00. The summed E-state index contributed by atoms with van der Waals surface area (Å²) in [4.78, 5) is 26.9. The summed E-state index contributed by atoms with van der Waals surface area (Å²) >= 11 is 0. The summed E-state index contributed by atoms with van der Waals surface area (Å²) in [6, 6.07) is 0. The predicted molar refractivity (Wildman–Crippen MR) is 234 cm³/mol. The maximum Gasteiger partial charge on any atom is 0.335 e. The molecule has 4 saturated carbocycles. The third-order valence-corrected chi connectivity index (χ3v) is 19.5. The second kappa shape index (κ2) is 19.0. The van der Waals surface area contributed by atoms with Crippen LogP contribution in [0.5, 0.6) is 0 Å². The monoisotopic (exact) mass is 988 g/mol.